The minimum atomic E-state index is 0.831. The van der Waals surface area contributed by atoms with Gasteiger partial charge in [-0.2, -0.15) is 0 Å². The van der Waals surface area contributed by atoms with Crippen molar-refractivity contribution in [3.05, 3.63) is 36.2 Å². The Morgan fingerprint density at radius 2 is 2.27 bits per heavy atom. The summed E-state index contributed by atoms with van der Waals surface area (Å²) in [7, 11) is 1.71. The molecule has 5 nitrogen and oxygen atoms in total. The van der Waals surface area contributed by atoms with E-state index in [-0.39, 0.29) is 0 Å². The normalized spacial score (nSPS) is 13.6. The van der Waals surface area contributed by atoms with Crippen molar-refractivity contribution in [3.63, 3.8) is 0 Å². The minimum Gasteiger partial charge on any atom is -0.496 e. The molecule has 0 radical (unpaired) electrons. The Kier molecular flexibility index (Phi) is 2.99. The molecule has 3 heterocycles. The number of likely N-dealkylation sites (N-methyl/N-ethyl adjacent to an activating group) is 1. The third kappa shape index (κ3) is 1.93. The molecule has 5 heteroatoms. The number of methoxy groups -OCH3 is 1. The number of fused-ring (bicyclic) bond motifs is 2. The largest absolute Gasteiger partial charge is 0.496 e. The smallest absolute Gasteiger partial charge is 0.142 e. The second-order valence-corrected chi connectivity index (χ2v) is 5.49. The summed E-state index contributed by atoms with van der Waals surface area (Å²) in [4.78, 5) is 14.5. The van der Waals surface area contributed by atoms with Crippen molar-refractivity contribution >= 4 is 16.7 Å². The lowest BCUT2D eigenvalue weighted by Gasteiger charge is -2.18. The molecule has 112 valence electrons. The van der Waals surface area contributed by atoms with Gasteiger partial charge in [-0.3, -0.25) is 4.98 Å². The Hall–Kier alpha value is -2.56. The number of ether oxygens (including phenoxy) is 1. The summed E-state index contributed by atoms with van der Waals surface area (Å²) < 4.78 is 5.61. The van der Waals surface area contributed by atoms with Crippen LogP contribution in [0, 0.1) is 0 Å². The van der Waals surface area contributed by atoms with Gasteiger partial charge in [0.2, 0.25) is 0 Å². The average Bonchev–Trinajstić information content (AvgIpc) is 3.16. The fraction of sp³-hybridized carbons (Fsp3) is 0.294. The number of H-pyrrole nitrogens is 1. The number of pyridine rings is 1. The summed E-state index contributed by atoms with van der Waals surface area (Å²) in [5.74, 6) is 1.68. The van der Waals surface area contributed by atoms with Gasteiger partial charge in [0.15, 0.2) is 0 Å². The Bertz CT molecular complexity index is 807. The van der Waals surface area contributed by atoms with E-state index in [0.29, 0.717) is 0 Å². The lowest BCUT2D eigenvalue weighted by atomic mass is 10.1. The van der Waals surface area contributed by atoms with Crippen LogP contribution in [0.1, 0.15) is 12.5 Å². The van der Waals surface area contributed by atoms with Crippen molar-refractivity contribution in [3.8, 4) is 17.1 Å². The summed E-state index contributed by atoms with van der Waals surface area (Å²) in [5.41, 5.74) is 5.51. The van der Waals surface area contributed by atoms with Crippen LogP contribution in [0.5, 0.6) is 5.75 Å². The summed E-state index contributed by atoms with van der Waals surface area (Å²) >= 11 is 0. The number of hydrogen-bond donors (Lipinski definition) is 1. The fourth-order valence-corrected chi connectivity index (χ4v) is 3.15. The van der Waals surface area contributed by atoms with Crippen LogP contribution in [0.15, 0.2) is 30.6 Å². The Labute approximate surface area is 129 Å². The van der Waals surface area contributed by atoms with Crippen LogP contribution in [0.4, 0.5) is 5.69 Å². The van der Waals surface area contributed by atoms with Crippen molar-refractivity contribution in [2.45, 2.75) is 13.3 Å². The zero-order valence-corrected chi connectivity index (χ0v) is 12.8. The Balaban J connectivity index is 1.87. The topological polar surface area (TPSA) is 54.0 Å². The number of hydrogen-bond acceptors (Lipinski definition) is 4. The minimum absolute atomic E-state index is 0.831. The molecule has 0 saturated heterocycles. The van der Waals surface area contributed by atoms with Crippen molar-refractivity contribution in [1.29, 1.82) is 0 Å². The standard InChI is InChI=1S/C17H18N4O/c1-3-21-7-5-11-8-12(16(22-2)9-15(11)21)17-19-13-4-6-18-10-14(13)20-17/h4,6,8-10H,3,5,7H2,1-2H3,(H,19,20). The van der Waals surface area contributed by atoms with Gasteiger partial charge in [0.05, 0.1) is 24.4 Å². The molecular formula is C17H18N4O. The predicted octanol–water partition coefficient (Wildman–Crippen LogP) is 3.02. The molecule has 0 aliphatic carbocycles. The predicted molar refractivity (Wildman–Crippen MR) is 87.5 cm³/mol. The van der Waals surface area contributed by atoms with Gasteiger partial charge in [0, 0.05) is 31.0 Å². The molecule has 1 aliphatic heterocycles. The Morgan fingerprint density at radius 3 is 3.05 bits per heavy atom. The number of aromatic amines is 1. The van der Waals surface area contributed by atoms with Crippen molar-refractivity contribution in [2.75, 3.05) is 25.1 Å². The molecule has 0 atom stereocenters. The van der Waals surface area contributed by atoms with E-state index < -0.39 is 0 Å². The molecule has 4 rings (SSSR count). The van der Waals surface area contributed by atoms with Crippen LogP contribution >= 0.6 is 0 Å². The highest BCUT2D eigenvalue weighted by molar-refractivity contribution is 5.81. The number of aromatic nitrogens is 3. The highest BCUT2D eigenvalue weighted by Crippen LogP contribution is 2.38. The third-order valence-corrected chi connectivity index (χ3v) is 4.31. The first-order valence-electron chi connectivity index (χ1n) is 7.56. The van der Waals surface area contributed by atoms with Gasteiger partial charge >= 0.3 is 0 Å². The quantitative estimate of drug-likeness (QED) is 0.807. The maximum absolute atomic E-state index is 5.61. The molecule has 0 spiro atoms. The van der Waals surface area contributed by atoms with E-state index in [0.717, 1.165) is 47.7 Å². The van der Waals surface area contributed by atoms with E-state index in [1.165, 1.54) is 11.3 Å². The van der Waals surface area contributed by atoms with E-state index in [9.17, 15) is 0 Å². The number of nitrogens with zero attached hydrogens (tertiary/aromatic N) is 3. The fourth-order valence-electron chi connectivity index (χ4n) is 3.15. The number of rotatable bonds is 3. The van der Waals surface area contributed by atoms with E-state index >= 15 is 0 Å². The number of benzene rings is 1. The second kappa shape index (κ2) is 5.02. The average molecular weight is 294 g/mol. The first kappa shape index (κ1) is 13.1. The van der Waals surface area contributed by atoms with Crippen LogP contribution in [-0.4, -0.2) is 35.2 Å². The molecule has 1 aromatic carbocycles. The molecule has 22 heavy (non-hydrogen) atoms. The molecule has 0 fully saturated rings. The molecule has 0 amide bonds. The third-order valence-electron chi connectivity index (χ3n) is 4.31. The van der Waals surface area contributed by atoms with Crippen LogP contribution in [-0.2, 0) is 6.42 Å². The molecule has 0 bridgehead atoms. The lowest BCUT2D eigenvalue weighted by molar-refractivity contribution is 0.416. The van der Waals surface area contributed by atoms with E-state index in [1.54, 1.807) is 19.5 Å². The first-order valence-corrected chi connectivity index (χ1v) is 7.56. The van der Waals surface area contributed by atoms with Gasteiger partial charge in [-0.25, -0.2) is 4.98 Å². The maximum Gasteiger partial charge on any atom is 0.142 e. The maximum atomic E-state index is 5.61. The van der Waals surface area contributed by atoms with Crippen molar-refractivity contribution in [1.82, 2.24) is 15.0 Å². The highest BCUT2D eigenvalue weighted by Gasteiger charge is 2.22. The molecule has 1 N–H and O–H groups in total. The zero-order valence-electron chi connectivity index (χ0n) is 12.8. The number of anilines is 1. The molecule has 1 aliphatic rings. The summed E-state index contributed by atoms with van der Waals surface area (Å²) in [6, 6.07) is 6.27. The molecule has 3 aromatic rings. The number of nitrogens with one attached hydrogen (secondary N) is 1. The molecular weight excluding hydrogens is 276 g/mol. The van der Waals surface area contributed by atoms with Crippen molar-refractivity contribution < 1.29 is 4.74 Å². The SMILES string of the molecule is CCN1CCc2cc(-c3nc4cnccc4[nH]3)c(OC)cc21. The Morgan fingerprint density at radius 1 is 1.36 bits per heavy atom. The molecule has 0 unspecified atom stereocenters. The van der Waals surface area contributed by atoms with Crippen LogP contribution in [0.2, 0.25) is 0 Å². The lowest BCUT2D eigenvalue weighted by Crippen LogP contribution is -2.19. The van der Waals surface area contributed by atoms with Gasteiger partial charge in [-0.15, -0.1) is 0 Å². The monoisotopic (exact) mass is 294 g/mol. The van der Waals surface area contributed by atoms with Gasteiger partial charge < -0.3 is 14.6 Å². The number of imidazole rings is 1. The second-order valence-electron chi connectivity index (χ2n) is 5.49. The van der Waals surface area contributed by atoms with Gasteiger partial charge in [-0.1, -0.05) is 0 Å². The van der Waals surface area contributed by atoms with Gasteiger partial charge in [-0.05, 0) is 31.0 Å². The van der Waals surface area contributed by atoms with E-state index in [4.69, 9.17) is 4.74 Å². The summed E-state index contributed by atoms with van der Waals surface area (Å²) in [6.07, 6.45) is 4.61. The van der Waals surface area contributed by atoms with Crippen LogP contribution < -0.4 is 9.64 Å². The van der Waals surface area contributed by atoms with E-state index in [1.807, 2.05) is 6.07 Å². The van der Waals surface area contributed by atoms with E-state index in [2.05, 4.69) is 38.9 Å². The molecule has 0 saturated carbocycles. The summed E-state index contributed by atoms with van der Waals surface area (Å²) in [6.45, 7) is 4.27. The van der Waals surface area contributed by atoms with Gasteiger partial charge in [0.1, 0.15) is 17.1 Å². The van der Waals surface area contributed by atoms with Gasteiger partial charge in [0.25, 0.3) is 0 Å². The van der Waals surface area contributed by atoms with Crippen LogP contribution in [0.25, 0.3) is 22.4 Å². The van der Waals surface area contributed by atoms with Crippen molar-refractivity contribution in [2.24, 2.45) is 0 Å². The zero-order chi connectivity index (χ0) is 15.1. The first-order chi connectivity index (χ1) is 10.8. The highest BCUT2D eigenvalue weighted by atomic mass is 16.5. The molecule has 2 aromatic heterocycles. The van der Waals surface area contributed by atoms with Crippen LogP contribution in [0.3, 0.4) is 0 Å². The summed E-state index contributed by atoms with van der Waals surface area (Å²) in [5, 5.41) is 0.